The molecule has 2 saturated carbocycles. The summed E-state index contributed by atoms with van der Waals surface area (Å²) in [5, 5.41) is 2.93. The highest BCUT2D eigenvalue weighted by Crippen LogP contribution is 2.49. The number of rotatable bonds is 9. The molecule has 212 valence electrons. The number of hydrogen-bond acceptors (Lipinski definition) is 5. The molecule has 3 aliphatic rings. The molecule has 39 heavy (non-hydrogen) atoms. The van der Waals surface area contributed by atoms with Crippen molar-refractivity contribution in [2.24, 2.45) is 15.9 Å². The topological polar surface area (TPSA) is 89.8 Å². The lowest BCUT2D eigenvalue weighted by Gasteiger charge is -2.51. The monoisotopic (exact) mass is 536 g/mol. The van der Waals surface area contributed by atoms with Crippen LogP contribution in [-0.2, 0) is 15.1 Å². The van der Waals surface area contributed by atoms with E-state index < -0.39 is 0 Å². The van der Waals surface area contributed by atoms with Crippen LogP contribution < -0.4 is 5.32 Å². The molecule has 1 N–H and O–H groups in total. The average molecular weight is 537 g/mol. The van der Waals surface area contributed by atoms with E-state index in [0.717, 1.165) is 37.8 Å². The number of carbonyl (C=O) groups excluding carboxylic acids is 2. The Kier molecular flexibility index (Phi) is 9.10. The summed E-state index contributed by atoms with van der Waals surface area (Å²) in [6, 6.07) is 10.9. The minimum Gasteiger partial charge on any atom is -0.467 e. The molecule has 1 spiro atoms. The van der Waals surface area contributed by atoms with Crippen molar-refractivity contribution < 1.29 is 14.3 Å². The van der Waals surface area contributed by atoms with Gasteiger partial charge in [0.15, 0.2) is 0 Å². The Morgan fingerprint density at radius 1 is 1.21 bits per heavy atom. The maximum Gasteiger partial charge on any atom is 0.321 e. The molecule has 0 aromatic heterocycles. The lowest BCUT2D eigenvalue weighted by molar-refractivity contribution is -0.121. The molecule has 1 aromatic rings. The van der Waals surface area contributed by atoms with Gasteiger partial charge in [-0.05, 0) is 83.3 Å². The first-order valence-corrected chi connectivity index (χ1v) is 14.0. The van der Waals surface area contributed by atoms with E-state index in [9.17, 15) is 9.59 Å². The molecule has 9 heteroatoms. The molecule has 0 unspecified atom stereocenters. The van der Waals surface area contributed by atoms with E-state index in [1.54, 1.807) is 11.1 Å². The average Bonchev–Trinajstić information content (AvgIpc) is 3.16. The number of ether oxygens (including phenoxy) is 1. The van der Waals surface area contributed by atoms with Gasteiger partial charge in [0, 0.05) is 31.4 Å². The first-order valence-electron chi connectivity index (χ1n) is 14.0. The first kappa shape index (κ1) is 28.8. The number of methoxy groups -OCH3 is 1. The van der Waals surface area contributed by atoms with E-state index in [0.29, 0.717) is 19.0 Å². The highest BCUT2D eigenvalue weighted by molar-refractivity contribution is 5.86. The van der Waals surface area contributed by atoms with E-state index in [4.69, 9.17) is 4.74 Å². The number of hydrogen-bond donors (Lipinski definition) is 1. The highest BCUT2D eigenvalue weighted by atomic mass is 16.5. The molecular formula is C30H44N6O3. The van der Waals surface area contributed by atoms with Gasteiger partial charge in [-0.2, -0.15) is 0 Å². The number of carbonyl (C=O) groups is 2. The molecule has 1 saturated heterocycles. The standard InChI is InChI=1S/C30H44N6O3/c1-23(19-33-27(31-2)39-5)18-32-26(37)21-35-22-29(36(28(35)38)20-24-10-9-11-24)14-16-30(17-15-29,34(3)4)25-12-7-6-8-13-25/h6-8,12-13,19,24H,2,9-11,14-18,20-22H2,1,3-5H3,(H,32,37)/b23-19+,33-27+/t29-,30+. The normalized spacial score (nSPS) is 26.2. The summed E-state index contributed by atoms with van der Waals surface area (Å²) in [5.41, 5.74) is 1.91. The minimum absolute atomic E-state index is 0.00720. The van der Waals surface area contributed by atoms with Gasteiger partial charge in [-0.15, -0.1) is 0 Å². The number of benzene rings is 1. The Balaban J connectivity index is 1.45. The number of nitrogens with zero attached hydrogens (tertiary/aromatic N) is 5. The van der Waals surface area contributed by atoms with Gasteiger partial charge < -0.3 is 19.9 Å². The number of aliphatic imine (C=N–C) groups is 2. The summed E-state index contributed by atoms with van der Waals surface area (Å²) in [7, 11) is 5.81. The van der Waals surface area contributed by atoms with Gasteiger partial charge in [0.2, 0.25) is 5.91 Å². The van der Waals surface area contributed by atoms with Crippen molar-refractivity contribution in [1.82, 2.24) is 20.0 Å². The second-order valence-electron chi connectivity index (χ2n) is 11.6. The number of nitrogens with one attached hydrogen (secondary N) is 1. The van der Waals surface area contributed by atoms with Gasteiger partial charge in [-0.3, -0.25) is 9.69 Å². The molecule has 1 aliphatic heterocycles. The minimum atomic E-state index is -0.222. The predicted octanol–water partition coefficient (Wildman–Crippen LogP) is 4.02. The summed E-state index contributed by atoms with van der Waals surface area (Å²) in [5.74, 6) is 0.405. The van der Waals surface area contributed by atoms with Crippen LogP contribution in [0.2, 0.25) is 0 Å². The van der Waals surface area contributed by atoms with Crippen molar-refractivity contribution >= 4 is 24.7 Å². The van der Waals surface area contributed by atoms with Gasteiger partial charge in [-0.1, -0.05) is 36.8 Å². The molecule has 0 bridgehead atoms. The van der Waals surface area contributed by atoms with Gasteiger partial charge in [0.1, 0.15) is 6.54 Å². The fourth-order valence-electron chi connectivity index (χ4n) is 6.35. The molecule has 9 nitrogen and oxygen atoms in total. The highest BCUT2D eigenvalue weighted by Gasteiger charge is 2.55. The quantitative estimate of drug-likeness (QED) is 0.381. The number of amidine groups is 1. The van der Waals surface area contributed by atoms with E-state index >= 15 is 0 Å². The Bertz CT molecular complexity index is 1090. The van der Waals surface area contributed by atoms with Gasteiger partial charge in [0.05, 0.1) is 12.6 Å². The Morgan fingerprint density at radius 3 is 2.46 bits per heavy atom. The third-order valence-corrected chi connectivity index (χ3v) is 9.01. The van der Waals surface area contributed by atoms with Crippen LogP contribution in [0, 0.1) is 5.92 Å². The Hall–Kier alpha value is -3.20. The Labute approximate surface area is 233 Å². The van der Waals surface area contributed by atoms with Crippen molar-refractivity contribution in [2.75, 3.05) is 47.4 Å². The summed E-state index contributed by atoms with van der Waals surface area (Å²) in [6.07, 6.45) is 9.02. The first-order chi connectivity index (χ1) is 18.7. The summed E-state index contributed by atoms with van der Waals surface area (Å²) >= 11 is 0. The zero-order chi connectivity index (χ0) is 28.0. The van der Waals surface area contributed by atoms with Gasteiger partial charge in [-0.25, -0.2) is 14.8 Å². The van der Waals surface area contributed by atoms with Crippen LogP contribution in [0.1, 0.15) is 57.4 Å². The lowest BCUT2D eigenvalue weighted by Crippen LogP contribution is -2.56. The molecule has 4 rings (SSSR count). The van der Waals surface area contributed by atoms with Gasteiger partial charge >= 0.3 is 12.1 Å². The molecule has 2 aliphatic carbocycles. The molecule has 0 atom stereocenters. The smallest absolute Gasteiger partial charge is 0.321 e. The van der Waals surface area contributed by atoms with Crippen molar-refractivity contribution in [3.63, 3.8) is 0 Å². The maximum atomic E-state index is 13.7. The van der Waals surface area contributed by atoms with E-state index in [-0.39, 0.29) is 35.6 Å². The van der Waals surface area contributed by atoms with E-state index in [1.165, 1.54) is 31.9 Å². The van der Waals surface area contributed by atoms with Crippen molar-refractivity contribution in [3.05, 3.63) is 47.7 Å². The van der Waals surface area contributed by atoms with Crippen LogP contribution in [0.15, 0.2) is 52.1 Å². The fourth-order valence-corrected chi connectivity index (χ4v) is 6.35. The Morgan fingerprint density at radius 2 is 1.90 bits per heavy atom. The van der Waals surface area contributed by atoms with E-state index in [1.807, 2.05) is 6.92 Å². The van der Waals surface area contributed by atoms with Gasteiger partial charge in [0.25, 0.3) is 0 Å². The maximum absolute atomic E-state index is 13.7. The largest absolute Gasteiger partial charge is 0.467 e. The fraction of sp³-hybridized carbons (Fsp3) is 0.600. The van der Waals surface area contributed by atoms with Crippen LogP contribution in [-0.4, -0.2) is 92.3 Å². The summed E-state index contributed by atoms with van der Waals surface area (Å²) in [6.45, 7) is 7.06. The number of amides is 3. The second-order valence-corrected chi connectivity index (χ2v) is 11.6. The third kappa shape index (κ3) is 6.19. The molecule has 1 heterocycles. The molecule has 0 radical (unpaired) electrons. The lowest BCUT2D eigenvalue weighted by atomic mass is 9.68. The van der Waals surface area contributed by atoms with Crippen molar-refractivity contribution in [1.29, 1.82) is 0 Å². The van der Waals surface area contributed by atoms with Crippen LogP contribution in [0.4, 0.5) is 4.79 Å². The molecule has 1 aromatic carbocycles. The number of urea groups is 1. The second kappa shape index (κ2) is 12.3. The molecule has 3 amide bonds. The van der Waals surface area contributed by atoms with Crippen LogP contribution in [0.5, 0.6) is 0 Å². The summed E-state index contributed by atoms with van der Waals surface area (Å²) < 4.78 is 4.97. The third-order valence-electron chi connectivity index (χ3n) is 9.01. The van der Waals surface area contributed by atoms with Crippen molar-refractivity contribution in [3.8, 4) is 0 Å². The predicted molar refractivity (Wildman–Crippen MR) is 155 cm³/mol. The summed E-state index contributed by atoms with van der Waals surface area (Å²) in [4.78, 5) is 40.6. The zero-order valence-electron chi connectivity index (χ0n) is 24.0. The van der Waals surface area contributed by atoms with Crippen LogP contribution >= 0.6 is 0 Å². The molecular weight excluding hydrogens is 492 g/mol. The van der Waals surface area contributed by atoms with E-state index in [2.05, 4.69) is 76.2 Å². The van der Waals surface area contributed by atoms with Crippen molar-refractivity contribution in [2.45, 2.75) is 62.9 Å². The van der Waals surface area contributed by atoms with Crippen LogP contribution in [0.3, 0.4) is 0 Å². The zero-order valence-corrected chi connectivity index (χ0v) is 24.0. The SMILES string of the molecule is C=N/C(=N\C=C(/C)CNC(=O)CN1C[C@]2(CC[C@](c3ccccc3)(N(C)C)CC2)N(CC2CCC2)C1=O)OC. The molecule has 3 fully saturated rings. The van der Waals surface area contributed by atoms with Crippen LogP contribution in [0.25, 0.3) is 0 Å².